The van der Waals surface area contributed by atoms with Gasteiger partial charge >= 0.3 is 5.97 Å². The minimum Gasteiger partial charge on any atom is -0.465 e. The van der Waals surface area contributed by atoms with E-state index in [0.717, 1.165) is 21.9 Å². The highest BCUT2D eigenvalue weighted by molar-refractivity contribution is 7.81. The van der Waals surface area contributed by atoms with Crippen LogP contribution in [0.25, 0.3) is 0 Å². The van der Waals surface area contributed by atoms with Crippen LogP contribution in [0.4, 0.5) is 17.1 Å². The van der Waals surface area contributed by atoms with Gasteiger partial charge in [0.05, 0.1) is 24.0 Å². The molecule has 3 aromatic rings. The average molecular weight is 441 g/mol. The number of nitrogens with two attached hydrogens (primary N) is 1. The van der Waals surface area contributed by atoms with Gasteiger partial charge in [0.2, 0.25) is 0 Å². The maximum Gasteiger partial charge on any atom is 0.340 e. The van der Waals surface area contributed by atoms with Crippen molar-refractivity contribution in [1.82, 2.24) is 0 Å². The molecule has 1 unspecified atom stereocenters. The molecule has 8 heteroatoms. The van der Waals surface area contributed by atoms with Gasteiger partial charge in [-0.3, -0.25) is 4.55 Å². The lowest BCUT2D eigenvalue weighted by Crippen LogP contribution is -2.22. The summed E-state index contributed by atoms with van der Waals surface area (Å²) in [7, 11) is 1.25. The molecule has 31 heavy (non-hydrogen) atoms. The minimum atomic E-state index is -2.42. The fraction of sp³-hybridized carbons (Fsp3) is 0.174. The number of nitrogens with zero attached hydrogens (tertiary/aromatic N) is 1. The predicted octanol–water partition coefficient (Wildman–Crippen LogP) is 4.99. The van der Waals surface area contributed by atoms with E-state index in [1.807, 2.05) is 32.0 Å². The molecule has 0 heterocycles. The number of carbonyl (C=O) groups excluding carboxylic acids is 1. The molecular weight excluding hydrogens is 416 g/mol. The van der Waals surface area contributed by atoms with Crippen LogP contribution in [0.3, 0.4) is 0 Å². The van der Waals surface area contributed by atoms with Gasteiger partial charge in [0.25, 0.3) is 11.3 Å². The molecule has 0 aliphatic heterocycles. The number of benzene rings is 3. The summed E-state index contributed by atoms with van der Waals surface area (Å²) in [6, 6.07) is 17.0. The van der Waals surface area contributed by atoms with Crippen LogP contribution < -0.4 is 14.8 Å². The minimum absolute atomic E-state index is 0.0918. The van der Waals surface area contributed by atoms with Crippen molar-refractivity contribution in [2.75, 3.05) is 17.1 Å². The molecule has 7 nitrogen and oxygen atoms in total. The van der Waals surface area contributed by atoms with Crippen LogP contribution in [0.2, 0.25) is 0 Å². The Balaban J connectivity index is 2.04. The third-order valence-corrected chi connectivity index (χ3v) is 5.47. The van der Waals surface area contributed by atoms with E-state index in [9.17, 15) is 13.6 Å². The van der Waals surface area contributed by atoms with E-state index in [0.29, 0.717) is 22.9 Å². The molecule has 0 fully saturated rings. The first-order valence-electron chi connectivity index (χ1n) is 9.60. The molecule has 0 saturated carbocycles. The molecule has 0 aliphatic carbocycles. The third kappa shape index (κ3) is 5.04. The summed E-state index contributed by atoms with van der Waals surface area (Å²) in [5.74, 6) is 0.286. The average Bonchev–Trinajstić information content (AvgIpc) is 2.76. The SMILES string of the molecule is CCc1cc(Oc2ccc(N(c3ccc(C)cc3)S(=O)O)c(C(=O)OC)c2)ccc1N. The van der Waals surface area contributed by atoms with Gasteiger partial charge in [0, 0.05) is 5.69 Å². The van der Waals surface area contributed by atoms with Crippen molar-refractivity contribution in [3.05, 3.63) is 77.4 Å². The Kier molecular flexibility index (Phi) is 6.94. The highest BCUT2D eigenvalue weighted by Gasteiger charge is 2.23. The fourth-order valence-electron chi connectivity index (χ4n) is 3.11. The van der Waals surface area contributed by atoms with Crippen molar-refractivity contribution in [3.8, 4) is 11.5 Å². The van der Waals surface area contributed by atoms with Crippen LogP contribution in [0, 0.1) is 6.92 Å². The summed E-state index contributed by atoms with van der Waals surface area (Å²) in [6.45, 7) is 3.91. The number of esters is 1. The van der Waals surface area contributed by atoms with E-state index < -0.39 is 17.2 Å². The van der Waals surface area contributed by atoms with E-state index >= 15 is 0 Å². The standard InChI is InChI=1S/C23H24N2O5S/c1-4-16-13-18(9-11-21(16)24)30-19-10-12-22(20(14-19)23(26)29-3)25(31(27)28)17-7-5-15(2)6-8-17/h5-14H,4,24H2,1-3H3,(H,27,28). The quantitative estimate of drug-likeness (QED) is 0.305. The summed E-state index contributed by atoms with van der Waals surface area (Å²) >= 11 is -2.42. The van der Waals surface area contributed by atoms with E-state index in [1.165, 1.54) is 13.2 Å². The summed E-state index contributed by atoms with van der Waals surface area (Å²) in [5, 5.41) is 0. The molecule has 0 radical (unpaired) electrons. The van der Waals surface area contributed by atoms with Crippen molar-refractivity contribution in [3.63, 3.8) is 0 Å². The van der Waals surface area contributed by atoms with Crippen molar-refractivity contribution < 1.29 is 23.0 Å². The second-order valence-corrected chi connectivity index (χ2v) is 7.67. The Morgan fingerprint density at radius 1 is 1.06 bits per heavy atom. The highest BCUT2D eigenvalue weighted by atomic mass is 32.2. The third-order valence-electron chi connectivity index (χ3n) is 4.75. The molecule has 1 atom stereocenters. The lowest BCUT2D eigenvalue weighted by atomic mass is 10.1. The second kappa shape index (κ2) is 9.63. The topological polar surface area (TPSA) is 102 Å². The van der Waals surface area contributed by atoms with Crippen LogP contribution in [-0.2, 0) is 22.4 Å². The van der Waals surface area contributed by atoms with E-state index in [1.54, 1.807) is 36.4 Å². The van der Waals surface area contributed by atoms with Crippen molar-refractivity contribution in [2.24, 2.45) is 0 Å². The lowest BCUT2D eigenvalue weighted by molar-refractivity contribution is 0.0601. The molecule has 3 rings (SSSR count). The van der Waals surface area contributed by atoms with Gasteiger partial charge in [-0.2, -0.15) is 0 Å². The largest absolute Gasteiger partial charge is 0.465 e. The number of ether oxygens (including phenoxy) is 2. The molecule has 3 N–H and O–H groups in total. The van der Waals surface area contributed by atoms with E-state index in [2.05, 4.69) is 0 Å². The van der Waals surface area contributed by atoms with Gasteiger partial charge < -0.3 is 15.2 Å². The molecule has 0 amide bonds. The Hall–Kier alpha value is -3.36. The molecule has 0 aromatic heterocycles. The number of hydrogen-bond acceptors (Lipinski definition) is 5. The van der Waals surface area contributed by atoms with E-state index in [4.69, 9.17) is 15.2 Å². The first-order chi connectivity index (χ1) is 14.8. The molecule has 0 spiro atoms. The van der Waals surface area contributed by atoms with Crippen LogP contribution in [0.15, 0.2) is 60.7 Å². The van der Waals surface area contributed by atoms with Crippen LogP contribution >= 0.6 is 0 Å². The van der Waals surface area contributed by atoms with Gasteiger partial charge in [0.15, 0.2) is 0 Å². The molecular formula is C23H24N2O5S. The fourth-order valence-corrected chi connectivity index (χ4v) is 3.74. The maximum atomic E-state index is 12.5. The zero-order valence-electron chi connectivity index (χ0n) is 17.5. The maximum absolute atomic E-state index is 12.5. The number of nitrogen functional groups attached to an aromatic ring is 1. The highest BCUT2D eigenvalue weighted by Crippen LogP contribution is 2.35. The molecule has 0 bridgehead atoms. The summed E-state index contributed by atoms with van der Waals surface area (Å²) < 4.78 is 34.1. The Morgan fingerprint density at radius 2 is 1.71 bits per heavy atom. The molecule has 0 saturated heterocycles. The zero-order chi connectivity index (χ0) is 22.5. The van der Waals surface area contributed by atoms with Crippen LogP contribution in [-0.4, -0.2) is 21.8 Å². The lowest BCUT2D eigenvalue weighted by Gasteiger charge is -2.23. The number of hydrogen-bond donors (Lipinski definition) is 2. The molecule has 162 valence electrons. The number of aryl methyl sites for hydroxylation is 2. The summed E-state index contributed by atoms with van der Waals surface area (Å²) in [6.07, 6.45) is 0.753. The Bertz CT molecular complexity index is 1120. The predicted molar refractivity (Wildman–Crippen MR) is 122 cm³/mol. The smallest absolute Gasteiger partial charge is 0.340 e. The Labute approximate surface area is 183 Å². The van der Waals surface area contributed by atoms with Gasteiger partial charge in [-0.25, -0.2) is 13.3 Å². The monoisotopic (exact) mass is 440 g/mol. The zero-order valence-corrected chi connectivity index (χ0v) is 18.3. The number of rotatable bonds is 7. The van der Waals surface area contributed by atoms with E-state index in [-0.39, 0.29) is 11.3 Å². The second-order valence-electron chi connectivity index (χ2n) is 6.85. The summed E-state index contributed by atoms with van der Waals surface area (Å²) in [4.78, 5) is 12.5. The number of carbonyl (C=O) groups is 1. The number of anilines is 3. The first kappa shape index (κ1) is 22.3. The van der Waals surface area contributed by atoms with Gasteiger partial charge in [0.1, 0.15) is 11.5 Å². The number of methoxy groups -OCH3 is 1. The van der Waals surface area contributed by atoms with Gasteiger partial charge in [-0.05, 0) is 67.4 Å². The van der Waals surface area contributed by atoms with Crippen molar-refractivity contribution in [1.29, 1.82) is 0 Å². The van der Waals surface area contributed by atoms with Crippen LogP contribution in [0.5, 0.6) is 11.5 Å². The Morgan fingerprint density at radius 3 is 2.32 bits per heavy atom. The van der Waals surface area contributed by atoms with Gasteiger partial charge in [-0.15, -0.1) is 0 Å². The summed E-state index contributed by atoms with van der Waals surface area (Å²) in [5.41, 5.74) is 9.34. The first-order valence-corrected chi connectivity index (χ1v) is 10.7. The van der Waals surface area contributed by atoms with Crippen LogP contribution in [0.1, 0.15) is 28.4 Å². The van der Waals surface area contributed by atoms with Crippen molar-refractivity contribution >= 4 is 34.3 Å². The van der Waals surface area contributed by atoms with Gasteiger partial charge in [-0.1, -0.05) is 24.6 Å². The normalized spacial score (nSPS) is 11.6. The molecule has 3 aromatic carbocycles. The molecule has 0 aliphatic rings. The van der Waals surface area contributed by atoms with Crippen molar-refractivity contribution in [2.45, 2.75) is 20.3 Å².